The van der Waals surface area contributed by atoms with Crippen LogP contribution < -0.4 is 0 Å². The highest BCUT2D eigenvalue weighted by Gasteiger charge is 2.27. The van der Waals surface area contributed by atoms with E-state index in [1.807, 2.05) is 18.7 Å². The molecule has 88 valence electrons. The summed E-state index contributed by atoms with van der Waals surface area (Å²) in [5, 5.41) is 7.61. The van der Waals surface area contributed by atoms with Gasteiger partial charge < -0.3 is 9.32 Å². The molecule has 1 aromatic rings. The molecule has 0 aromatic carbocycles. The zero-order chi connectivity index (χ0) is 11.5. The SMILES string of the molecule is CC(C)C(=O)N1CCC(c2nnco2)CC1. The van der Waals surface area contributed by atoms with Crippen molar-refractivity contribution in [2.75, 3.05) is 13.1 Å². The average molecular weight is 223 g/mol. The molecule has 0 radical (unpaired) electrons. The molecule has 0 atom stereocenters. The summed E-state index contributed by atoms with van der Waals surface area (Å²) in [4.78, 5) is 13.7. The molecule has 0 unspecified atom stereocenters. The molecule has 1 aliphatic rings. The summed E-state index contributed by atoms with van der Waals surface area (Å²) in [6, 6.07) is 0. The number of hydrogen-bond donors (Lipinski definition) is 0. The van der Waals surface area contributed by atoms with Gasteiger partial charge in [-0.3, -0.25) is 4.79 Å². The molecule has 0 saturated carbocycles. The van der Waals surface area contributed by atoms with Crippen LogP contribution in [0, 0.1) is 5.92 Å². The van der Waals surface area contributed by atoms with Crippen molar-refractivity contribution in [2.45, 2.75) is 32.6 Å². The van der Waals surface area contributed by atoms with Gasteiger partial charge in [0.25, 0.3) is 0 Å². The molecule has 16 heavy (non-hydrogen) atoms. The van der Waals surface area contributed by atoms with E-state index in [9.17, 15) is 4.79 Å². The highest BCUT2D eigenvalue weighted by molar-refractivity contribution is 5.78. The van der Waals surface area contributed by atoms with E-state index in [0.717, 1.165) is 25.9 Å². The first-order valence-corrected chi connectivity index (χ1v) is 5.73. The molecule has 1 aliphatic heterocycles. The minimum absolute atomic E-state index is 0.0833. The van der Waals surface area contributed by atoms with Crippen molar-refractivity contribution in [1.29, 1.82) is 0 Å². The summed E-state index contributed by atoms with van der Waals surface area (Å²) in [5.74, 6) is 1.35. The number of piperidine rings is 1. The highest BCUT2D eigenvalue weighted by atomic mass is 16.4. The van der Waals surface area contributed by atoms with E-state index in [0.29, 0.717) is 11.8 Å². The second-order valence-electron chi connectivity index (χ2n) is 4.53. The summed E-state index contributed by atoms with van der Waals surface area (Å²) in [7, 11) is 0. The van der Waals surface area contributed by atoms with Gasteiger partial charge in [-0.1, -0.05) is 13.8 Å². The van der Waals surface area contributed by atoms with Crippen LogP contribution in [0.2, 0.25) is 0 Å². The van der Waals surface area contributed by atoms with Gasteiger partial charge in [0.15, 0.2) is 0 Å². The molecule has 1 aromatic heterocycles. The van der Waals surface area contributed by atoms with Crippen LogP contribution in [0.3, 0.4) is 0 Å². The lowest BCUT2D eigenvalue weighted by Gasteiger charge is -2.31. The Morgan fingerprint density at radius 2 is 2.19 bits per heavy atom. The number of carbonyl (C=O) groups is 1. The summed E-state index contributed by atoms with van der Waals surface area (Å²) in [5.41, 5.74) is 0. The third-order valence-corrected chi connectivity index (χ3v) is 3.03. The predicted octanol–water partition coefficient (Wildman–Crippen LogP) is 1.43. The van der Waals surface area contributed by atoms with Crippen molar-refractivity contribution in [3.63, 3.8) is 0 Å². The van der Waals surface area contributed by atoms with E-state index in [4.69, 9.17) is 4.42 Å². The van der Waals surface area contributed by atoms with Crippen molar-refractivity contribution < 1.29 is 9.21 Å². The number of nitrogens with zero attached hydrogens (tertiary/aromatic N) is 3. The number of carbonyl (C=O) groups excluding carboxylic acids is 1. The van der Waals surface area contributed by atoms with Crippen LogP contribution in [0.25, 0.3) is 0 Å². The summed E-state index contributed by atoms with van der Waals surface area (Å²) < 4.78 is 5.19. The number of aromatic nitrogens is 2. The number of rotatable bonds is 2. The average Bonchev–Trinajstić information content (AvgIpc) is 2.81. The van der Waals surface area contributed by atoms with Gasteiger partial charge >= 0.3 is 0 Å². The monoisotopic (exact) mass is 223 g/mol. The predicted molar refractivity (Wildman–Crippen MR) is 57.7 cm³/mol. The molecule has 1 amide bonds. The number of amides is 1. The van der Waals surface area contributed by atoms with Crippen LogP contribution in [-0.2, 0) is 4.79 Å². The maximum Gasteiger partial charge on any atom is 0.225 e. The standard InChI is InChI=1S/C11H17N3O2/c1-8(2)11(15)14-5-3-9(4-6-14)10-13-12-7-16-10/h7-9H,3-6H2,1-2H3. The van der Waals surface area contributed by atoms with E-state index in [2.05, 4.69) is 10.2 Å². The molecule has 5 heteroatoms. The van der Waals surface area contributed by atoms with Crippen LogP contribution in [0.4, 0.5) is 0 Å². The van der Waals surface area contributed by atoms with Crippen molar-refractivity contribution in [3.8, 4) is 0 Å². The molecular weight excluding hydrogens is 206 g/mol. The Kier molecular flexibility index (Phi) is 3.22. The first-order chi connectivity index (χ1) is 7.68. The van der Waals surface area contributed by atoms with Crippen LogP contribution in [0.15, 0.2) is 10.8 Å². The molecule has 1 fully saturated rings. The lowest BCUT2D eigenvalue weighted by Crippen LogP contribution is -2.40. The topological polar surface area (TPSA) is 59.2 Å². The molecule has 0 spiro atoms. The second-order valence-corrected chi connectivity index (χ2v) is 4.53. The second kappa shape index (κ2) is 4.63. The molecular formula is C11H17N3O2. The van der Waals surface area contributed by atoms with Crippen molar-refractivity contribution >= 4 is 5.91 Å². The third kappa shape index (κ3) is 2.23. The quantitative estimate of drug-likeness (QED) is 0.761. The minimum Gasteiger partial charge on any atom is -0.428 e. The third-order valence-electron chi connectivity index (χ3n) is 3.03. The van der Waals surface area contributed by atoms with E-state index >= 15 is 0 Å². The fourth-order valence-corrected chi connectivity index (χ4v) is 2.07. The largest absolute Gasteiger partial charge is 0.428 e. The molecule has 0 bridgehead atoms. The lowest BCUT2D eigenvalue weighted by molar-refractivity contribution is -0.135. The lowest BCUT2D eigenvalue weighted by atomic mass is 9.96. The molecule has 2 rings (SSSR count). The first-order valence-electron chi connectivity index (χ1n) is 5.73. The Labute approximate surface area is 94.8 Å². The Hall–Kier alpha value is -1.39. The van der Waals surface area contributed by atoms with Crippen LogP contribution in [-0.4, -0.2) is 34.1 Å². The summed E-state index contributed by atoms with van der Waals surface area (Å²) in [6.07, 6.45) is 3.20. The van der Waals surface area contributed by atoms with Crippen molar-refractivity contribution in [1.82, 2.24) is 15.1 Å². The Morgan fingerprint density at radius 1 is 1.50 bits per heavy atom. The zero-order valence-corrected chi connectivity index (χ0v) is 9.72. The summed E-state index contributed by atoms with van der Waals surface area (Å²) >= 11 is 0. The maximum atomic E-state index is 11.8. The highest BCUT2D eigenvalue weighted by Crippen LogP contribution is 2.26. The van der Waals surface area contributed by atoms with Gasteiger partial charge in [-0.25, -0.2) is 0 Å². The van der Waals surface area contributed by atoms with Crippen molar-refractivity contribution in [2.24, 2.45) is 5.92 Å². The van der Waals surface area contributed by atoms with E-state index in [1.165, 1.54) is 6.39 Å². The maximum absolute atomic E-state index is 11.8. The zero-order valence-electron chi connectivity index (χ0n) is 9.72. The number of likely N-dealkylation sites (tertiary alicyclic amines) is 1. The van der Waals surface area contributed by atoms with Gasteiger partial charge in [-0.15, -0.1) is 10.2 Å². The van der Waals surface area contributed by atoms with Crippen LogP contribution in [0.5, 0.6) is 0 Å². The van der Waals surface area contributed by atoms with E-state index in [-0.39, 0.29) is 11.8 Å². The molecule has 2 heterocycles. The fraction of sp³-hybridized carbons (Fsp3) is 0.727. The smallest absolute Gasteiger partial charge is 0.225 e. The van der Waals surface area contributed by atoms with Gasteiger partial charge in [-0.05, 0) is 12.8 Å². The Bertz CT molecular complexity index is 340. The Balaban J connectivity index is 1.90. The number of hydrogen-bond acceptors (Lipinski definition) is 4. The van der Waals surface area contributed by atoms with Gasteiger partial charge in [0.1, 0.15) is 0 Å². The Morgan fingerprint density at radius 3 is 2.69 bits per heavy atom. The molecule has 0 aliphatic carbocycles. The van der Waals surface area contributed by atoms with E-state index < -0.39 is 0 Å². The van der Waals surface area contributed by atoms with Crippen LogP contribution >= 0.6 is 0 Å². The first kappa shape index (κ1) is 11.1. The molecule has 0 N–H and O–H groups in total. The van der Waals surface area contributed by atoms with Gasteiger partial charge in [0, 0.05) is 24.9 Å². The van der Waals surface area contributed by atoms with Gasteiger partial charge in [0.05, 0.1) is 0 Å². The van der Waals surface area contributed by atoms with Crippen LogP contribution in [0.1, 0.15) is 38.5 Å². The van der Waals surface area contributed by atoms with Gasteiger partial charge in [0.2, 0.25) is 18.2 Å². The molecule has 5 nitrogen and oxygen atoms in total. The minimum atomic E-state index is 0.0833. The fourth-order valence-electron chi connectivity index (χ4n) is 2.07. The molecule has 1 saturated heterocycles. The van der Waals surface area contributed by atoms with Crippen molar-refractivity contribution in [3.05, 3.63) is 12.3 Å². The van der Waals surface area contributed by atoms with Gasteiger partial charge in [-0.2, -0.15) is 0 Å². The normalized spacial score (nSPS) is 18.1. The summed E-state index contributed by atoms with van der Waals surface area (Å²) in [6.45, 7) is 5.47. The van der Waals surface area contributed by atoms with E-state index in [1.54, 1.807) is 0 Å².